The van der Waals surface area contributed by atoms with E-state index in [0.29, 0.717) is 30.1 Å². The molecule has 0 aliphatic rings. The molecule has 0 aliphatic carbocycles. The molecule has 0 atom stereocenters. The number of anilines is 2. The third-order valence-electron chi connectivity index (χ3n) is 4.25. The number of phenols is 1. The van der Waals surface area contributed by atoms with Gasteiger partial charge in [-0.3, -0.25) is 10.1 Å². The molecule has 8 heteroatoms. The second-order valence-corrected chi connectivity index (χ2v) is 6.73. The molecule has 0 unspecified atom stereocenters. The Hall–Kier alpha value is -3.16. The number of imidazole rings is 1. The Labute approximate surface area is 157 Å². The summed E-state index contributed by atoms with van der Waals surface area (Å²) in [5, 5.41) is 16.0. The van der Waals surface area contributed by atoms with Crippen molar-refractivity contribution in [2.45, 2.75) is 40.8 Å². The van der Waals surface area contributed by atoms with Gasteiger partial charge in [0, 0.05) is 24.6 Å². The zero-order valence-corrected chi connectivity index (χ0v) is 15.9. The number of benzene rings is 1. The van der Waals surface area contributed by atoms with Gasteiger partial charge in [0.05, 0.1) is 6.33 Å². The molecule has 3 aromatic rings. The summed E-state index contributed by atoms with van der Waals surface area (Å²) in [7, 11) is 0. The average Bonchev–Trinajstić information content (AvgIpc) is 3.05. The lowest BCUT2D eigenvalue weighted by Gasteiger charge is -2.12. The molecule has 0 radical (unpaired) electrons. The molecule has 0 saturated heterocycles. The summed E-state index contributed by atoms with van der Waals surface area (Å²) >= 11 is 0. The standard InChI is InChI=1S/C19H24N6O2/c1-5-25-10-21-15-16(20-9-13-8-12(4)6-7-14(13)26)22-19(23-17(15)25)24-18(27)11(2)3/h6-8,10-11,26H,5,9H2,1-4H3,(H2,20,22,23,24,27). The third-order valence-corrected chi connectivity index (χ3v) is 4.25. The van der Waals surface area contributed by atoms with Crippen molar-refractivity contribution in [2.24, 2.45) is 5.92 Å². The van der Waals surface area contributed by atoms with Crippen molar-refractivity contribution in [3.05, 3.63) is 35.7 Å². The Kier molecular flexibility index (Phi) is 5.25. The molecule has 27 heavy (non-hydrogen) atoms. The van der Waals surface area contributed by atoms with Gasteiger partial charge in [-0.25, -0.2) is 4.98 Å². The lowest BCUT2D eigenvalue weighted by Crippen LogP contribution is -2.20. The van der Waals surface area contributed by atoms with Crippen LogP contribution in [0.5, 0.6) is 5.75 Å². The number of phenolic OH excluding ortho intramolecular Hbond substituents is 1. The van der Waals surface area contributed by atoms with Gasteiger partial charge in [0.15, 0.2) is 17.0 Å². The number of amides is 1. The highest BCUT2D eigenvalue weighted by Gasteiger charge is 2.16. The van der Waals surface area contributed by atoms with Gasteiger partial charge in [0.2, 0.25) is 11.9 Å². The van der Waals surface area contributed by atoms with Crippen LogP contribution in [-0.4, -0.2) is 30.5 Å². The predicted octanol–water partition coefficient (Wildman–Crippen LogP) is 3.07. The van der Waals surface area contributed by atoms with Crippen LogP contribution in [0.25, 0.3) is 11.2 Å². The van der Waals surface area contributed by atoms with E-state index in [2.05, 4.69) is 25.6 Å². The Morgan fingerprint density at radius 2 is 2.07 bits per heavy atom. The number of carbonyl (C=O) groups excluding carboxylic acids is 1. The van der Waals surface area contributed by atoms with Gasteiger partial charge in [0.1, 0.15) is 5.75 Å². The van der Waals surface area contributed by atoms with Gasteiger partial charge >= 0.3 is 0 Å². The average molecular weight is 368 g/mol. The van der Waals surface area contributed by atoms with Gasteiger partial charge in [-0.15, -0.1) is 0 Å². The Bertz CT molecular complexity index is 980. The predicted molar refractivity (Wildman–Crippen MR) is 105 cm³/mol. The number of rotatable bonds is 6. The summed E-state index contributed by atoms with van der Waals surface area (Å²) in [6, 6.07) is 5.43. The summed E-state index contributed by atoms with van der Waals surface area (Å²) < 4.78 is 1.89. The van der Waals surface area contributed by atoms with E-state index in [1.165, 1.54) is 0 Å². The summed E-state index contributed by atoms with van der Waals surface area (Å²) in [6.45, 7) is 8.65. The lowest BCUT2D eigenvalue weighted by atomic mass is 10.1. The van der Waals surface area contributed by atoms with E-state index < -0.39 is 0 Å². The van der Waals surface area contributed by atoms with E-state index in [-0.39, 0.29) is 23.5 Å². The Morgan fingerprint density at radius 1 is 1.30 bits per heavy atom. The molecule has 0 saturated carbocycles. The minimum absolute atomic E-state index is 0.154. The van der Waals surface area contributed by atoms with Gasteiger partial charge in [-0.05, 0) is 19.9 Å². The molecule has 3 rings (SSSR count). The molecule has 8 nitrogen and oxygen atoms in total. The normalized spacial score (nSPS) is 11.1. The fourth-order valence-corrected chi connectivity index (χ4v) is 2.64. The summed E-state index contributed by atoms with van der Waals surface area (Å²) in [5.41, 5.74) is 3.07. The fourth-order valence-electron chi connectivity index (χ4n) is 2.64. The van der Waals surface area contributed by atoms with Crippen LogP contribution in [-0.2, 0) is 17.9 Å². The number of aromatic hydroxyl groups is 1. The summed E-state index contributed by atoms with van der Waals surface area (Å²) in [5.74, 6) is 0.616. The maximum Gasteiger partial charge on any atom is 0.233 e. The molecule has 0 spiro atoms. The topological polar surface area (TPSA) is 105 Å². The molecule has 2 aromatic heterocycles. The van der Waals surface area contributed by atoms with Crippen LogP contribution in [0.3, 0.4) is 0 Å². The number of nitrogens with zero attached hydrogens (tertiary/aromatic N) is 4. The highest BCUT2D eigenvalue weighted by molar-refractivity contribution is 5.92. The van der Waals surface area contributed by atoms with Gasteiger partial charge in [0.25, 0.3) is 0 Å². The Morgan fingerprint density at radius 3 is 2.78 bits per heavy atom. The van der Waals surface area contributed by atoms with Crippen LogP contribution in [0.15, 0.2) is 24.5 Å². The smallest absolute Gasteiger partial charge is 0.233 e. The summed E-state index contributed by atoms with van der Waals surface area (Å²) in [6.07, 6.45) is 1.70. The molecule has 0 aliphatic heterocycles. The molecule has 1 aromatic carbocycles. The minimum Gasteiger partial charge on any atom is -0.508 e. The van der Waals surface area contributed by atoms with Crippen molar-refractivity contribution >= 4 is 28.8 Å². The van der Waals surface area contributed by atoms with Crippen LogP contribution in [0, 0.1) is 12.8 Å². The van der Waals surface area contributed by atoms with Crippen molar-refractivity contribution in [3.63, 3.8) is 0 Å². The van der Waals surface area contributed by atoms with Crippen molar-refractivity contribution in [1.82, 2.24) is 19.5 Å². The van der Waals surface area contributed by atoms with E-state index in [4.69, 9.17) is 0 Å². The molecular weight excluding hydrogens is 344 g/mol. The second-order valence-electron chi connectivity index (χ2n) is 6.73. The molecular formula is C19H24N6O2. The van der Waals surface area contributed by atoms with Crippen LogP contribution in [0.4, 0.5) is 11.8 Å². The fraction of sp³-hybridized carbons (Fsp3) is 0.368. The van der Waals surface area contributed by atoms with Crippen molar-refractivity contribution < 1.29 is 9.90 Å². The first kappa shape index (κ1) is 18.6. The van der Waals surface area contributed by atoms with Crippen LogP contribution in [0.1, 0.15) is 31.9 Å². The maximum absolute atomic E-state index is 12.0. The molecule has 0 fully saturated rings. The first-order valence-electron chi connectivity index (χ1n) is 8.95. The summed E-state index contributed by atoms with van der Waals surface area (Å²) in [4.78, 5) is 25.3. The number of carbonyl (C=O) groups is 1. The minimum atomic E-state index is -0.180. The van der Waals surface area contributed by atoms with Gasteiger partial charge < -0.3 is 15.0 Å². The van der Waals surface area contributed by atoms with Crippen LogP contribution in [0.2, 0.25) is 0 Å². The SMILES string of the molecule is CCn1cnc2c(NCc3cc(C)ccc3O)nc(NC(=O)C(C)C)nc21. The number of hydrogen-bond acceptors (Lipinski definition) is 6. The van der Waals surface area contributed by atoms with Crippen molar-refractivity contribution in [1.29, 1.82) is 0 Å². The van der Waals surface area contributed by atoms with E-state index in [1.54, 1.807) is 12.4 Å². The number of aromatic nitrogens is 4. The highest BCUT2D eigenvalue weighted by atomic mass is 16.3. The zero-order valence-electron chi connectivity index (χ0n) is 15.9. The Balaban J connectivity index is 1.96. The van der Waals surface area contributed by atoms with E-state index >= 15 is 0 Å². The van der Waals surface area contributed by atoms with E-state index in [1.807, 2.05) is 44.4 Å². The lowest BCUT2D eigenvalue weighted by molar-refractivity contribution is -0.118. The third kappa shape index (κ3) is 3.99. The zero-order chi connectivity index (χ0) is 19.6. The van der Waals surface area contributed by atoms with E-state index in [0.717, 1.165) is 11.1 Å². The first-order valence-corrected chi connectivity index (χ1v) is 8.95. The highest BCUT2D eigenvalue weighted by Crippen LogP contribution is 2.24. The first-order chi connectivity index (χ1) is 12.9. The van der Waals surface area contributed by atoms with Gasteiger partial charge in [-0.2, -0.15) is 9.97 Å². The molecule has 142 valence electrons. The van der Waals surface area contributed by atoms with Crippen molar-refractivity contribution in [2.75, 3.05) is 10.6 Å². The number of fused-ring (bicyclic) bond motifs is 1. The van der Waals surface area contributed by atoms with Crippen LogP contribution < -0.4 is 10.6 Å². The van der Waals surface area contributed by atoms with Crippen molar-refractivity contribution in [3.8, 4) is 5.75 Å². The number of aryl methyl sites for hydroxylation is 2. The molecule has 3 N–H and O–H groups in total. The van der Waals surface area contributed by atoms with Crippen LogP contribution >= 0.6 is 0 Å². The van der Waals surface area contributed by atoms with Gasteiger partial charge in [-0.1, -0.05) is 31.5 Å². The quantitative estimate of drug-likeness (QED) is 0.618. The van der Waals surface area contributed by atoms with E-state index in [9.17, 15) is 9.90 Å². The molecule has 2 heterocycles. The second kappa shape index (κ2) is 7.61. The monoisotopic (exact) mass is 368 g/mol. The maximum atomic E-state index is 12.0. The molecule has 1 amide bonds. The molecule has 0 bridgehead atoms. The number of nitrogens with one attached hydrogen (secondary N) is 2. The number of hydrogen-bond donors (Lipinski definition) is 3. The largest absolute Gasteiger partial charge is 0.508 e.